The monoisotopic (exact) mass is 363 g/mol. The van der Waals surface area contributed by atoms with Gasteiger partial charge >= 0.3 is 0 Å². The second-order valence-electron chi connectivity index (χ2n) is 5.80. The average molecular weight is 363 g/mol. The minimum absolute atomic E-state index is 0. The second kappa shape index (κ2) is 20.1. The van der Waals surface area contributed by atoms with Crippen LogP contribution in [-0.4, -0.2) is 35.1 Å². The second-order valence-corrected chi connectivity index (χ2v) is 5.80. The van der Waals surface area contributed by atoms with Crippen LogP contribution in [0, 0.1) is 11.5 Å². The minimum atomic E-state index is 0. The quantitative estimate of drug-likeness (QED) is 0.518. The van der Waals surface area contributed by atoms with Crippen molar-refractivity contribution >= 4 is 0 Å². The smallest absolute Gasteiger partial charge is 0.0428 e. The summed E-state index contributed by atoms with van der Waals surface area (Å²) >= 11 is 0. The van der Waals surface area contributed by atoms with E-state index in [1.807, 2.05) is 20.8 Å². The SMILES string of the molecule is CC1=[C-]C(C)(C)C(C)=C1C.CCCO.CCCO.CCCO.[Ti]. The van der Waals surface area contributed by atoms with Crippen molar-refractivity contribution in [2.45, 2.75) is 74.7 Å². The normalized spacial score (nSPS) is 14.1. The molecule has 0 radical (unpaired) electrons. The Bertz CT molecular complexity index is 292. The maximum Gasteiger partial charge on any atom is 0.0428 e. The summed E-state index contributed by atoms with van der Waals surface area (Å²) in [5, 5.41) is 23.6. The standard InChI is InChI=1S/C10H15.3C3H8O.Ti/c1-7-6-10(4,5)9(3)8(7)2;3*1-2-3-4;/h1-5H3;3*4H,2-3H2,1H3;/q-1;;;;. The van der Waals surface area contributed by atoms with Crippen LogP contribution in [0.1, 0.15) is 74.7 Å². The molecule has 0 fully saturated rings. The Morgan fingerprint density at radius 3 is 1.09 bits per heavy atom. The molecule has 3 N–H and O–H groups in total. The molecule has 0 aromatic carbocycles. The number of rotatable bonds is 3. The fraction of sp³-hybridized carbons (Fsp3) is 0.789. The molecular formula is C19H39O3Ti-. The van der Waals surface area contributed by atoms with Crippen molar-refractivity contribution in [2.24, 2.45) is 5.41 Å². The molecule has 0 amide bonds. The molecule has 138 valence electrons. The van der Waals surface area contributed by atoms with Crippen LogP contribution in [0.15, 0.2) is 16.7 Å². The third-order valence-electron chi connectivity index (χ3n) is 3.23. The molecule has 0 spiro atoms. The summed E-state index contributed by atoms with van der Waals surface area (Å²) in [6.45, 7) is 17.7. The van der Waals surface area contributed by atoms with E-state index in [9.17, 15) is 0 Å². The van der Waals surface area contributed by atoms with Crippen LogP contribution >= 0.6 is 0 Å². The van der Waals surface area contributed by atoms with E-state index >= 15 is 0 Å². The fourth-order valence-corrected chi connectivity index (χ4v) is 1.41. The minimum Gasteiger partial charge on any atom is -0.396 e. The summed E-state index contributed by atoms with van der Waals surface area (Å²) in [7, 11) is 0. The Labute approximate surface area is 159 Å². The molecule has 0 saturated heterocycles. The van der Waals surface area contributed by atoms with Gasteiger partial charge in [0.2, 0.25) is 0 Å². The van der Waals surface area contributed by atoms with Crippen molar-refractivity contribution in [1.82, 2.24) is 0 Å². The molecule has 0 aromatic rings. The molecular weight excluding hydrogens is 324 g/mol. The van der Waals surface area contributed by atoms with E-state index in [-0.39, 0.29) is 27.1 Å². The van der Waals surface area contributed by atoms with Crippen molar-refractivity contribution in [3.05, 3.63) is 22.8 Å². The summed E-state index contributed by atoms with van der Waals surface area (Å²) in [6.07, 6.45) is 6.06. The molecule has 23 heavy (non-hydrogen) atoms. The summed E-state index contributed by atoms with van der Waals surface area (Å²) in [5.74, 6) is 0. The number of hydrogen-bond donors (Lipinski definition) is 3. The van der Waals surface area contributed by atoms with Crippen molar-refractivity contribution in [3.8, 4) is 0 Å². The van der Waals surface area contributed by atoms with Crippen molar-refractivity contribution < 1.29 is 37.0 Å². The van der Waals surface area contributed by atoms with Gasteiger partial charge in [-0.05, 0) is 19.3 Å². The Hall–Kier alpha value is 0.0743. The molecule has 1 aliphatic carbocycles. The van der Waals surface area contributed by atoms with Gasteiger partial charge in [-0.2, -0.15) is 11.1 Å². The molecule has 3 nitrogen and oxygen atoms in total. The van der Waals surface area contributed by atoms with E-state index in [1.165, 1.54) is 16.7 Å². The first-order chi connectivity index (χ1) is 10.2. The fourth-order valence-electron chi connectivity index (χ4n) is 1.41. The van der Waals surface area contributed by atoms with Gasteiger partial charge < -0.3 is 15.3 Å². The topological polar surface area (TPSA) is 60.7 Å². The van der Waals surface area contributed by atoms with Crippen LogP contribution in [0.2, 0.25) is 0 Å². The van der Waals surface area contributed by atoms with E-state index in [0.29, 0.717) is 19.8 Å². The third-order valence-corrected chi connectivity index (χ3v) is 3.23. The van der Waals surface area contributed by atoms with Crippen LogP contribution in [-0.2, 0) is 21.7 Å². The van der Waals surface area contributed by atoms with Crippen molar-refractivity contribution in [3.63, 3.8) is 0 Å². The van der Waals surface area contributed by atoms with E-state index in [1.54, 1.807) is 0 Å². The number of aliphatic hydroxyl groups is 3. The van der Waals surface area contributed by atoms with Crippen LogP contribution in [0.5, 0.6) is 0 Å². The van der Waals surface area contributed by atoms with Gasteiger partial charge in [-0.1, -0.05) is 53.9 Å². The first-order valence-corrected chi connectivity index (χ1v) is 8.32. The van der Waals surface area contributed by atoms with E-state index < -0.39 is 0 Å². The predicted molar refractivity (Wildman–Crippen MR) is 96.7 cm³/mol. The van der Waals surface area contributed by atoms with E-state index in [0.717, 1.165) is 19.3 Å². The summed E-state index contributed by atoms with van der Waals surface area (Å²) in [6, 6.07) is 0. The Morgan fingerprint density at radius 2 is 1.04 bits per heavy atom. The molecule has 0 bridgehead atoms. The number of aliphatic hydroxyl groups excluding tert-OH is 3. The maximum absolute atomic E-state index is 7.88. The zero-order valence-electron chi connectivity index (χ0n) is 16.6. The first-order valence-electron chi connectivity index (χ1n) is 8.32. The number of hydrogen-bond acceptors (Lipinski definition) is 3. The van der Waals surface area contributed by atoms with Gasteiger partial charge in [-0.25, -0.2) is 5.57 Å². The van der Waals surface area contributed by atoms with Crippen molar-refractivity contribution in [2.75, 3.05) is 19.8 Å². The first kappa shape index (κ1) is 30.9. The van der Waals surface area contributed by atoms with Gasteiger partial charge in [0, 0.05) is 41.5 Å². The van der Waals surface area contributed by atoms with E-state index in [2.05, 4.69) is 40.7 Å². The van der Waals surface area contributed by atoms with Crippen molar-refractivity contribution in [1.29, 1.82) is 0 Å². The van der Waals surface area contributed by atoms with Gasteiger partial charge in [-0.3, -0.25) is 6.08 Å². The van der Waals surface area contributed by atoms with Gasteiger partial charge in [0.05, 0.1) is 0 Å². The molecule has 0 aromatic heterocycles. The van der Waals surface area contributed by atoms with Gasteiger partial charge in [0.1, 0.15) is 0 Å². The van der Waals surface area contributed by atoms with E-state index in [4.69, 9.17) is 15.3 Å². The number of allylic oxidation sites excluding steroid dienone is 4. The molecule has 0 unspecified atom stereocenters. The predicted octanol–water partition coefficient (Wildman–Crippen LogP) is 4.28. The third kappa shape index (κ3) is 18.3. The largest absolute Gasteiger partial charge is 0.396 e. The van der Waals surface area contributed by atoms with Crippen LogP contribution < -0.4 is 0 Å². The summed E-state index contributed by atoms with van der Waals surface area (Å²) < 4.78 is 0. The Kier molecular flexibility index (Phi) is 27.0. The maximum atomic E-state index is 7.88. The molecule has 0 aliphatic heterocycles. The van der Waals surface area contributed by atoms with Crippen LogP contribution in [0.25, 0.3) is 0 Å². The molecule has 0 saturated carbocycles. The molecule has 4 heteroatoms. The van der Waals surface area contributed by atoms with Crippen LogP contribution in [0.3, 0.4) is 0 Å². The zero-order valence-corrected chi connectivity index (χ0v) is 18.1. The Balaban J connectivity index is -0.000000118. The Morgan fingerprint density at radius 1 is 0.783 bits per heavy atom. The van der Waals surface area contributed by atoms with Gasteiger partial charge in [-0.15, -0.1) is 6.92 Å². The molecule has 0 atom stereocenters. The molecule has 1 aliphatic rings. The molecule has 0 heterocycles. The molecule has 1 rings (SSSR count). The summed E-state index contributed by atoms with van der Waals surface area (Å²) in [4.78, 5) is 0. The van der Waals surface area contributed by atoms with Gasteiger partial charge in [0.25, 0.3) is 0 Å². The summed E-state index contributed by atoms with van der Waals surface area (Å²) in [5.41, 5.74) is 4.39. The van der Waals surface area contributed by atoms with Gasteiger partial charge in [0.15, 0.2) is 0 Å². The average Bonchev–Trinajstić information content (AvgIpc) is 2.70. The zero-order chi connectivity index (χ0) is 18.2. The van der Waals surface area contributed by atoms with Crippen LogP contribution in [0.4, 0.5) is 0 Å².